The van der Waals surface area contributed by atoms with Gasteiger partial charge in [0.05, 0.1) is 0 Å². The highest BCUT2D eigenvalue weighted by Crippen LogP contribution is 2.16. The fourth-order valence-corrected chi connectivity index (χ4v) is 1.44. The third-order valence-corrected chi connectivity index (χ3v) is 2.21. The lowest BCUT2D eigenvalue weighted by molar-refractivity contribution is -0.472. The number of hydrogen-bond donors (Lipinski definition) is 0. The zero-order valence-electron chi connectivity index (χ0n) is 10.8. The Morgan fingerprint density at radius 1 is 1.33 bits per heavy atom. The molecular formula is C12H18O6. The van der Waals surface area contributed by atoms with Gasteiger partial charge in [-0.2, -0.15) is 4.89 Å². The summed E-state index contributed by atoms with van der Waals surface area (Å²) in [7, 11) is 0. The summed E-state index contributed by atoms with van der Waals surface area (Å²) in [6.07, 6.45) is 3.02. The Morgan fingerprint density at radius 2 is 1.94 bits per heavy atom. The molecule has 1 saturated heterocycles. The van der Waals surface area contributed by atoms with Gasteiger partial charge in [-0.25, -0.2) is 14.5 Å². The highest BCUT2D eigenvalue weighted by atomic mass is 17.3. The summed E-state index contributed by atoms with van der Waals surface area (Å²) in [5.74, 6) is -1.25. The van der Waals surface area contributed by atoms with Gasteiger partial charge in [-0.05, 0) is 20.3 Å². The Bertz CT molecular complexity index is 329. The molecule has 1 heterocycles. The molecule has 6 heteroatoms. The first-order chi connectivity index (χ1) is 8.43. The summed E-state index contributed by atoms with van der Waals surface area (Å²) in [6.45, 7) is 5.84. The Hall–Kier alpha value is -1.40. The molecule has 6 nitrogen and oxygen atoms in total. The molecule has 1 unspecified atom stereocenters. The van der Waals surface area contributed by atoms with Crippen molar-refractivity contribution in [3.05, 3.63) is 12.2 Å². The van der Waals surface area contributed by atoms with Gasteiger partial charge in [0, 0.05) is 12.2 Å². The maximum Gasteiger partial charge on any atom is 0.333 e. The van der Waals surface area contributed by atoms with Crippen LogP contribution < -0.4 is 0 Å². The molecule has 0 amide bonds. The Kier molecular flexibility index (Phi) is 5.30. The lowest BCUT2D eigenvalue weighted by atomic mass is 10.0. The maximum absolute atomic E-state index is 11.4. The molecule has 18 heavy (non-hydrogen) atoms. The van der Waals surface area contributed by atoms with Gasteiger partial charge in [0.25, 0.3) is 6.29 Å². The van der Waals surface area contributed by atoms with Crippen molar-refractivity contribution in [3.63, 3.8) is 0 Å². The van der Waals surface area contributed by atoms with Crippen LogP contribution in [-0.4, -0.2) is 30.4 Å². The molecule has 0 spiro atoms. The van der Waals surface area contributed by atoms with E-state index in [0.29, 0.717) is 0 Å². The van der Waals surface area contributed by atoms with E-state index in [0.717, 1.165) is 25.0 Å². The molecule has 1 rings (SSSR count). The molecule has 0 radical (unpaired) electrons. The Labute approximate surface area is 106 Å². The molecule has 0 aromatic heterocycles. The average molecular weight is 258 g/mol. The molecule has 0 bridgehead atoms. The van der Waals surface area contributed by atoms with Crippen molar-refractivity contribution in [2.75, 3.05) is 6.61 Å². The summed E-state index contributed by atoms with van der Waals surface area (Å²) in [4.78, 5) is 31.4. The fourth-order valence-electron chi connectivity index (χ4n) is 1.44. The van der Waals surface area contributed by atoms with Gasteiger partial charge in [0.1, 0.15) is 12.2 Å². The lowest BCUT2D eigenvalue weighted by Gasteiger charge is -2.24. The second-order valence-corrected chi connectivity index (χ2v) is 4.51. The van der Waals surface area contributed by atoms with Crippen LogP contribution in [0.5, 0.6) is 0 Å². The normalized spacial score (nSPS) is 19.4. The summed E-state index contributed by atoms with van der Waals surface area (Å²) in [5.41, 5.74) is -0.537. The largest absolute Gasteiger partial charge is 0.457 e. The summed E-state index contributed by atoms with van der Waals surface area (Å²) >= 11 is 0. The first kappa shape index (κ1) is 14.7. The first-order valence-electron chi connectivity index (χ1n) is 5.83. The molecule has 1 fully saturated rings. The number of hydrogen-bond acceptors (Lipinski definition) is 6. The van der Waals surface area contributed by atoms with Gasteiger partial charge in [0.15, 0.2) is 0 Å². The van der Waals surface area contributed by atoms with Gasteiger partial charge in [0.2, 0.25) is 0 Å². The maximum atomic E-state index is 11.4. The van der Waals surface area contributed by atoms with Crippen molar-refractivity contribution in [1.82, 2.24) is 0 Å². The van der Waals surface area contributed by atoms with E-state index in [9.17, 15) is 9.59 Å². The van der Waals surface area contributed by atoms with Crippen molar-refractivity contribution in [2.24, 2.45) is 0 Å². The highest BCUT2D eigenvalue weighted by molar-refractivity contribution is 5.91. The average Bonchev–Trinajstić information content (AvgIpc) is 2.19. The Balaban J connectivity index is 2.31. The van der Waals surface area contributed by atoms with E-state index in [1.807, 2.05) is 20.8 Å². The topological polar surface area (TPSA) is 71.1 Å². The molecule has 102 valence electrons. The van der Waals surface area contributed by atoms with E-state index in [4.69, 9.17) is 9.47 Å². The quantitative estimate of drug-likeness (QED) is 0.408. The third-order valence-electron chi connectivity index (χ3n) is 2.21. The van der Waals surface area contributed by atoms with Crippen LogP contribution in [0.25, 0.3) is 0 Å². The third kappa shape index (κ3) is 5.29. The van der Waals surface area contributed by atoms with Crippen LogP contribution in [0.15, 0.2) is 12.2 Å². The number of esters is 2. The van der Waals surface area contributed by atoms with E-state index in [-0.39, 0.29) is 6.61 Å². The van der Waals surface area contributed by atoms with Crippen molar-refractivity contribution in [3.8, 4) is 0 Å². The van der Waals surface area contributed by atoms with Crippen LogP contribution in [0.3, 0.4) is 0 Å². The van der Waals surface area contributed by atoms with Gasteiger partial charge < -0.3 is 9.47 Å². The molecular weight excluding hydrogens is 240 g/mol. The van der Waals surface area contributed by atoms with Crippen LogP contribution in [0.1, 0.15) is 33.6 Å². The molecule has 1 atom stereocenters. The van der Waals surface area contributed by atoms with Crippen LogP contribution in [0, 0.1) is 0 Å². The summed E-state index contributed by atoms with van der Waals surface area (Å²) < 4.78 is 9.92. The summed E-state index contributed by atoms with van der Waals surface area (Å²) in [6, 6.07) is 0. The number of carbonyl (C=O) groups excluding carboxylic acids is 2. The highest BCUT2D eigenvalue weighted by Gasteiger charge is 2.24. The zero-order chi connectivity index (χ0) is 13.6. The predicted molar refractivity (Wildman–Crippen MR) is 61.1 cm³/mol. The summed E-state index contributed by atoms with van der Waals surface area (Å²) in [5, 5.41) is 0. The zero-order valence-corrected chi connectivity index (χ0v) is 10.8. The smallest absolute Gasteiger partial charge is 0.333 e. The molecule has 0 saturated carbocycles. The van der Waals surface area contributed by atoms with Gasteiger partial charge in [-0.15, -0.1) is 0 Å². The Morgan fingerprint density at radius 3 is 2.44 bits per heavy atom. The number of carbonyl (C=O) groups is 2. The van der Waals surface area contributed by atoms with Gasteiger partial charge in [-0.3, -0.25) is 0 Å². The van der Waals surface area contributed by atoms with Gasteiger partial charge in [-0.1, -0.05) is 13.3 Å². The molecule has 0 aliphatic carbocycles. The van der Waals surface area contributed by atoms with E-state index >= 15 is 0 Å². The minimum atomic E-state index is -0.685. The molecule has 0 aromatic rings. The van der Waals surface area contributed by atoms with Crippen LogP contribution in [0.4, 0.5) is 0 Å². The van der Waals surface area contributed by atoms with Crippen molar-refractivity contribution < 1.29 is 28.8 Å². The first-order valence-corrected chi connectivity index (χ1v) is 5.83. The standard InChI is InChI=1S/C12H18O6/c1-4-7-12(2,3)17-10(14)6-5-9(13)16-11-8-15-18-11/h5-6,11H,4,7-8H2,1-3H3. The lowest BCUT2D eigenvalue weighted by Crippen LogP contribution is -2.35. The van der Waals surface area contributed by atoms with Crippen molar-refractivity contribution in [1.29, 1.82) is 0 Å². The van der Waals surface area contributed by atoms with Crippen LogP contribution >= 0.6 is 0 Å². The van der Waals surface area contributed by atoms with E-state index in [2.05, 4.69) is 9.78 Å². The van der Waals surface area contributed by atoms with Gasteiger partial charge >= 0.3 is 11.9 Å². The van der Waals surface area contributed by atoms with E-state index in [1.54, 1.807) is 0 Å². The second-order valence-electron chi connectivity index (χ2n) is 4.51. The predicted octanol–water partition coefficient (Wildman–Crippen LogP) is 1.50. The molecule has 1 aliphatic heterocycles. The second kappa shape index (κ2) is 6.51. The van der Waals surface area contributed by atoms with E-state index in [1.165, 1.54) is 0 Å². The van der Waals surface area contributed by atoms with Crippen molar-refractivity contribution in [2.45, 2.75) is 45.5 Å². The minimum Gasteiger partial charge on any atom is -0.457 e. The fraction of sp³-hybridized carbons (Fsp3) is 0.667. The molecule has 0 aromatic carbocycles. The van der Waals surface area contributed by atoms with E-state index < -0.39 is 23.8 Å². The molecule has 1 aliphatic rings. The number of ether oxygens (including phenoxy) is 2. The monoisotopic (exact) mass is 258 g/mol. The molecule has 0 N–H and O–H groups in total. The van der Waals surface area contributed by atoms with Crippen LogP contribution in [0.2, 0.25) is 0 Å². The van der Waals surface area contributed by atoms with Crippen molar-refractivity contribution >= 4 is 11.9 Å². The minimum absolute atomic E-state index is 0.202. The van der Waals surface area contributed by atoms with Crippen LogP contribution in [-0.2, 0) is 28.8 Å². The number of rotatable bonds is 6. The SMILES string of the molecule is CCCC(C)(C)OC(=O)C=CC(=O)OC1COO1.